The topological polar surface area (TPSA) is 104 Å². The summed E-state index contributed by atoms with van der Waals surface area (Å²) in [4.78, 5) is 13.7. The van der Waals surface area contributed by atoms with E-state index in [0.717, 1.165) is 0 Å². The van der Waals surface area contributed by atoms with Gasteiger partial charge in [-0.2, -0.15) is 5.00 Å². The highest BCUT2D eigenvalue weighted by Crippen LogP contribution is 2.36. The summed E-state index contributed by atoms with van der Waals surface area (Å²) < 4.78 is 9.39. The maximum Gasteiger partial charge on any atom is 0.414 e. The van der Waals surface area contributed by atoms with E-state index in [0.29, 0.717) is 0 Å². The first kappa shape index (κ1) is 7.03. The quantitative estimate of drug-likeness (QED) is 0.317. The standard InChI is InChI=1S/H3NO5P/c2-1(3)7(4,5)6/h2H,(H2,4,5,6)/q-1. The molecule has 0 amide bonds. The molecule has 0 saturated heterocycles. The number of hydrogen-bond donors (Lipinski definition) is 3. The van der Waals surface area contributed by atoms with E-state index in [1.54, 1.807) is 0 Å². The first-order valence-electron chi connectivity index (χ1n) is 1.17. The lowest BCUT2D eigenvalue weighted by atomic mass is 13.2. The van der Waals surface area contributed by atoms with E-state index < -0.39 is 12.7 Å². The van der Waals surface area contributed by atoms with Crippen LogP contribution in [0.2, 0.25) is 0 Å². The van der Waals surface area contributed by atoms with Crippen molar-refractivity contribution in [3.05, 3.63) is 5.21 Å². The average molecular weight is 128 g/mol. The van der Waals surface area contributed by atoms with Crippen LogP contribution in [0.4, 0.5) is 0 Å². The number of hydrogen-bond acceptors (Lipinski definition) is 3. The molecule has 0 aliphatic heterocycles. The van der Waals surface area contributed by atoms with Crippen molar-refractivity contribution in [1.29, 1.82) is 0 Å². The van der Waals surface area contributed by atoms with Crippen molar-refractivity contribution in [2.24, 2.45) is 0 Å². The molecule has 0 rings (SSSR count). The third kappa shape index (κ3) is 2.69. The SMILES string of the molecule is O=P(O)(O)N([O-])O. The molecule has 0 heterocycles. The van der Waals surface area contributed by atoms with Crippen molar-refractivity contribution in [3.63, 3.8) is 0 Å². The van der Waals surface area contributed by atoms with Crippen molar-refractivity contribution in [1.82, 2.24) is 5.00 Å². The highest BCUT2D eigenvalue weighted by Gasteiger charge is 2.11. The van der Waals surface area contributed by atoms with Gasteiger partial charge in [0.2, 0.25) is 0 Å². The largest absolute Gasteiger partial charge is 0.753 e. The van der Waals surface area contributed by atoms with Crippen LogP contribution in [0.25, 0.3) is 0 Å². The molecule has 0 bridgehead atoms. The van der Waals surface area contributed by atoms with Gasteiger partial charge in [-0.25, -0.2) is 4.57 Å². The molecule has 0 spiro atoms. The Morgan fingerprint density at radius 2 is 1.71 bits per heavy atom. The Morgan fingerprint density at radius 1 is 1.57 bits per heavy atom. The Balaban J connectivity index is 3.80. The first-order valence-corrected chi connectivity index (χ1v) is 2.73. The van der Waals surface area contributed by atoms with Gasteiger partial charge in [0.1, 0.15) is 0 Å². The van der Waals surface area contributed by atoms with Gasteiger partial charge in [-0.05, 0) is 0 Å². The third-order valence-corrected chi connectivity index (χ3v) is 0.669. The fraction of sp³-hybridized carbons (Fsp3) is 0. The van der Waals surface area contributed by atoms with E-state index in [9.17, 15) is 9.77 Å². The van der Waals surface area contributed by atoms with Crippen LogP contribution in [-0.4, -0.2) is 20.0 Å². The smallest absolute Gasteiger partial charge is 0.414 e. The molecule has 6 nitrogen and oxygen atoms in total. The van der Waals surface area contributed by atoms with Crippen LogP contribution >= 0.6 is 7.75 Å². The minimum absolute atomic E-state index is 1.40. The minimum atomic E-state index is -4.90. The zero-order chi connectivity index (χ0) is 6.08. The summed E-state index contributed by atoms with van der Waals surface area (Å²) in [6, 6.07) is 0. The maximum atomic E-state index is 9.39. The van der Waals surface area contributed by atoms with Gasteiger partial charge in [0, 0.05) is 0 Å². The third-order valence-electron chi connectivity index (χ3n) is 0.223. The van der Waals surface area contributed by atoms with Crippen molar-refractivity contribution in [3.8, 4) is 0 Å². The van der Waals surface area contributed by atoms with Crippen LogP contribution < -0.4 is 0 Å². The number of rotatable bonds is 1. The summed E-state index contributed by atoms with van der Waals surface area (Å²) in [6.45, 7) is 0. The molecule has 0 fully saturated rings. The molecule has 0 unspecified atom stereocenters. The average Bonchev–Trinajstić information content (AvgIpc) is 1.31. The molecule has 0 aliphatic rings. The van der Waals surface area contributed by atoms with Gasteiger partial charge < -0.3 is 20.2 Å². The molecule has 0 saturated carbocycles. The lowest BCUT2D eigenvalue weighted by Gasteiger charge is -2.18. The van der Waals surface area contributed by atoms with Crippen molar-refractivity contribution in [2.45, 2.75) is 0 Å². The molecular weight excluding hydrogens is 125 g/mol. The van der Waals surface area contributed by atoms with Crippen LogP contribution in [0.15, 0.2) is 0 Å². The van der Waals surface area contributed by atoms with Gasteiger partial charge in [0.25, 0.3) is 0 Å². The Morgan fingerprint density at radius 3 is 1.71 bits per heavy atom. The van der Waals surface area contributed by atoms with E-state index >= 15 is 0 Å². The summed E-state index contributed by atoms with van der Waals surface area (Å²) in [7, 11) is -4.90. The van der Waals surface area contributed by atoms with Crippen LogP contribution in [0.1, 0.15) is 0 Å². The van der Waals surface area contributed by atoms with Crippen LogP contribution in [0.3, 0.4) is 0 Å². The lowest BCUT2D eigenvalue weighted by Crippen LogP contribution is -2.04. The maximum absolute atomic E-state index is 9.39. The Kier molecular flexibility index (Phi) is 1.88. The first-order chi connectivity index (χ1) is 2.94. The predicted octanol–water partition coefficient (Wildman–Crippen LogP) is -0.732. The van der Waals surface area contributed by atoms with Crippen molar-refractivity contribution < 1.29 is 19.6 Å². The van der Waals surface area contributed by atoms with E-state index in [2.05, 4.69) is 0 Å². The minimum Gasteiger partial charge on any atom is -0.753 e. The Labute approximate surface area is 38.7 Å². The van der Waals surface area contributed by atoms with E-state index in [1.807, 2.05) is 0 Å². The van der Waals surface area contributed by atoms with E-state index in [4.69, 9.17) is 15.0 Å². The molecule has 0 radical (unpaired) electrons. The lowest BCUT2D eigenvalue weighted by molar-refractivity contribution is 0.0214. The summed E-state index contributed by atoms with van der Waals surface area (Å²) in [5.41, 5.74) is 0. The van der Waals surface area contributed by atoms with Gasteiger partial charge in [0.15, 0.2) is 0 Å². The summed E-state index contributed by atoms with van der Waals surface area (Å²) >= 11 is 0. The van der Waals surface area contributed by atoms with Crippen LogP contribution in [0, 0.1) is 5.21 Å². The molecule has 7 heteroatoms. The van der Waals surface area contributed by atoms with Gasteiger partial charge in [0.05, 0.1) is 0 Å². The van der Waals surface area contributed by atoms with Gasteiger partial charge >= 0.3 is 7.75 Å². The van der Waals surface area contributed by atoms with Crippen molar-refractivity contribution in [2.75, 3.05) is 0 Å². The molecule has 0 aromatic rings. The predicted molar refractivity (Wildman–Crippen MR) is 19.0 cm³/mol. The fourth-order valence-corrected chi connectivity index (χ4v) is 0. The molecule has 7 heavy (non-hydrogen) atoms. The monoisotopic (exact) mass is 128 g/mol. The van der Waals surface area contributed by atoms with Gasteiger partial charge in [-0.15, -0.1) is 0 Å². The Hall–Kier alpha value is 0.0300. The van der Waals surface area contributed by atoms with Crippen LogP contribution in [0.5, 0.6) is 0 Å². The molecule has 0 aromatic carbocycles. The van der Waals surface area contributed by atoms with Crippen LogP contribution in [-0.2, 0) is 4.57 Å². The zero-order valence-corrected chi connectivity index (χ0v) is 3.95. The summed E-state index contributed by atoms with van der Waals surface area (Å²) in [6.07, 6.45) is 0. The molecule has 3 N–H and O–H groups in total. The van der Waals surface area contributed by atoms with E-state index in [-0.39, 0.29) is 0 Å². The zero-order valence-electron chi connectivity index (χ0n) is 3.05. The molecule has 0 atom stereocenters. The highest BCUT2D eigenvalue weighted by atomic mass is 31.2. The van der Waals surface area contributed by atoms with E-state index in [1.165, 1.54) is 0 Å². The molecule has 44 valence electrons. The van der Waals surface area contributed by atoms with Gasteiger partial charge in [-0.3, -0.25) is 0 Å². The second-order valence-corrected chi connectivity index (χ2v) is 2.13. The normalized spacial score (nSPS) is 12.7. The fourth-order valence-electron chi connectivity index (χ4n) is 0. The molecular formula is H3NO5P-. The molecule has 0 aliphatic carbocycles. The highest BCUT2D eigenvalue weighted by molar-refractivity contribution is 7.48. The second-order valence-electron chi connectivity index (χ2n) is 0.766. The summed E-state index contributed by atoms with van der Waals surface area (Å²) in [5.74, 6) is 0. The Bertz CT molecular complexity index is 90.3. The van der Waals surface area contributed by atoms with Gasteiger partial charge in [-0.1, -0.05) is 0 Å². The summed E-state index contributed by atoms with van der Waals surface area (Å²) in [5, 5.41) is 16.6. The number of nitrogens with zero attached hydrogens (tertiary/aromatic N) is 1. The second kappa shape index (κ2) is 1.87. The molecule has 0 aromatic heterocycles. The van der Waals surface area contributed by atoms with Crippen molar-refractivity contribution >= 4 is 7.75 Å².